The van der Waals surface area contributed by atoms with Gasteiger partial charge >= 0.3 is 0 Å². The van der Waals surface area contributed by atoms with Crippen LogP contribution < -0.4 is 10.2 Å². The lowest BCUT2D eigenvalue weighted by molar-refractivity contribution is 0.0938. The van der Waals surface area contributed by atoms with E-state index in [0.717, 1.165) is 42.5 Å². The number of anilines is 1. The van der Waals surface area contributed by atoms with E-state index in [1.165, 1.54) is 24.8 Å². The molecule has 7 heteroatoms. The molecule has 2 aromatic heterocycles. The molecule has 27 heavy (non-hydrogen) atoms. The lowest BCUT2D eigenvalue weighted by Crippen LogP contribution is -2.35. The fourth-order valence-corrected chi connectivity index (χ4v) is 3.70. The maximum Gasteiger partial charge on any atom is 0.254 e. The zero-order chi connectivity index (χ0) is 19.6. The Morgan fingerprint density at radius 3 is 2.48 bits per heavy atom. The molecule has 1 N–H and O–H groups in total. The van der Waals surface area contributed by atoms with Gasteiger partial charge in [0, 0.05) is 38.1 Å². The highest BCUT2D eigenvalue weighted by Crippen LogP contribution is 2.18. The van der Waals surface area contributed by atoms with Crippen LogP contribution in [-0.2, 0) is 13.5 Å². The Bertz CT molecular complexity index is 822. The molecular formula is C20H30N6O. The number of aryl methyl sites for hydroxylation is 3. The zero-order valence-corrected chi connectivity index (χ0v) is 17.0. The van der Waals surface area contributed by atoms with E-state index in [4.69, 9.17) is 0 Å². The monoisotopic (exact) mass is 370 g/mol. The Balaban J connectivity index is 1.66. The van der Waals surface area contributed by atoms with Gasteiger partial charge < -0.3 is 10.2 Å². The van der Waals surface area contributed by atoms with Crippen LogP contribution in [0.1, 0.15) is 59.2 Å². The highest BCUT2D eigenvalue weighted by atomic mass is 16.1. The molecule has 1 amide bonds. The van der Waals surface area contributed by atoms with Gasteiger partial charge in [-0.1, -0.05) is 0 Å². The molecule has 0 aliphatic carbocycles. The molecule has 1 saturated heterocycles. The maximum atomic E-state index is 12.7. The molecule has 1 unspecified atom stereocenters. The zero-order valence-electron chi connectivity index (χ0n) is 17.0. The third kappa shape index (κ3) is 4.28. The van der Waals surface area contributed by atoms with Gasteiger partial charge in [-0.05, 0) is 58.9 Å². The van der Waals surface area contributed by atoms with Gasteiger partial charge in [0.1, 0.15) is 0 Å². The second-order valence-corrected chi connectivity index (χ2v) is 7.57. The Morgan fingerprint density at radius 1 is 1.19 bits per heavy atom. The molecule has 0 bridgehead atoms. The number of carbonyl (C=O) groups excluding carboxylic acids is 1. The van der Waals surface area contributed by atoms with Crippen molar-refractivity contribution in [2.75, 3.05) is 18.0 Å². The lowest BCUT2D eigenvalue weighted by Gasteiger charge is -2.27. The van der Waals surface area contributed by atoms with E-state index in [-0.39, 0.29) is 11.9 Å². The summed E-state index contributed by atoms with van der Waals surface area (Å²) >= 11 is 0. The van der Waals surface area contributed by atoms with Gasteiger partial charge in [-0.3, -0.25) is 9.48 Å². The number of carbonyl (C=O) groups is 1. The molecule has 1 atom stereocenters. The predicted octanol–water partition coefficient (Wildman–Crippen LogP) is 2.49. The highest BCUT2D eigenvalue weighted by Gasteiger charge is 2.19. The number of amides is 1. The van der Waals surface area contributed by atoms with Crippen LogP contribution in [0.25, 0.3) is 0 Å². The molecule has 1 aliphatic rings. The van der Waals surface area contributed by atoms with Gasteiger partial charge in [0.25, 0.3) is 5.91 Å². The van der Waals surface area contributed by atoms with E-state index in [1.54, 1.807) is 6.20 Å². The average molecular weight is 371 g/mol. The van der Waals surface area contributed by atoms with Gasteiger partial charge in [0.2, 0.25) is 5.95 Å². The quantitative estimate of drug-likeness (QED) is 0.875. The van der Waals surface area contributed by atoms with Crippen molar-refractivity contribution < 1.29 is 4.79 Å². The van der Waals surface area contributed by atoms with Gasteiger partial charge in [0.15, 0.2) is 0 Å². The topological polar surface area (TPSA) is 75.9 Å². The molecule has 0 radical (unpaired) electrons. The van der Waals surface area contributed by atoms with Gasteiger partial charge in [-0.15, -0.1) is 0 Å². The Hall–Kier alpha value is -2.44. The van der Waals surface area contributed by atoms with E-state index in [9.17, 15) is 4.79 Å². The van der Waals surface area contributed by atoms with Gasteiger partial charge in [-0.2, -0.15) is 5.10 Å². The first-order chi connectivity index (χ1) is 12.9. The molecule has 3 rings (SSSR count). The fraction of sp³-hybridized carbons (Fsp3) is 0.600. The van der Waals surface area contributed by atoms with Crippen molar-refractivity contribution in [3.63, 3.8) is 0 Å². The number of nitrogens with one attached hydrogen (secondary N) is 1. The third-order valence-corrected chi connectivity index (χ3v) is 5.40. The number of hydrogen-bond donors (Lipinski definition) is 1. The van der Waals surface area contributed by atoms with Crippen molar-refractivity contribution in [2.24, 2.45) is 7.05 Å². The molecular weight excluding hydrogens is 340 g/mol. The van der Waals surface area contributed by atoms with E-state index in [2.05, 4.69) is 32.2 Å². The minimum atomic E-state index is -0.121. The lowest BCUT2D eigenvalue weighted by atomic mass is 10.0. The fourth-order valence-electron chi connectivity index (χ4n) is 3.70. The first-order valence-electron chi connectivity index (χ1n) is 9.75. The summed E-state index contributed by atoms with van der Waals surface area (Å²) in [5.41, 5.74) is 4.62. The van der Waals surface area contributed by atoms with Crippen molar-refractivity contribution in [3.8, 4) is 0 Å². The number of nitrogens with zero attached hydrogens (tertiary/aromatic N) is 5. The van der Waals surface area contributed by atoms with Crippen LogP contribution in [0.3, 0.4) is 0 Å². The summed E-state index contributed by atoms with van der Waals surface area (Å²) < 4.78 is 1.89. The summed E-state index contributed by atoms with van der Waals surface area (Å²) in [7, 11) is 1.94. The second-order valence-electron chi connectivity index (χ2n) is 7.57. The molecule has 1 fully saturated rings. The van der Waals surface area contributed by atoms with Gasteiger partial charge in [-0.25, -0.2) is 9.97 Å². The smallest absolute Gasteiger partial charge is 0.254 e. The van der Waals surface area contributed by atoms with E-state index >= 15 is 0 Å². The Labute approximate surface area is 161 Å². The summed E-state index contributed by atoms with van der Waals surface area (Å²) in [5, 5.41) is 7.53. The van der Waals surface area contributed by atoms with Gasteiger partial charge in [0.05, 0.1) is 17.0 Å². The molecule has 7 nitrogen and oxygen atoms in total. The van der Waals surface area contributed by atoms with E-state index in [1.807, 2.05) is 32.5 Å². The summed E-state index contributed by atoms with van der Waals surface area (Å²) in [4.78, 5) is 23.9. The summed E-state index contributed by atoms with van der Waals surface area (Å²) in [6, 6.07) is 0.000251. The molecule has 0 spiro atoms. The highest BCUT2D eigenvalue weighted by molar-refractivity contribution is 5.95. The predicted molar refractivity (Wildman–Crippen MR) is 106 cm³/mol. The van der Waals surface area contributed by atoms with Crippen LogP contribution in [0.5, 0.6) is 0 Å². The summed E-state index contributed by atoms with van der Waals surface area (Å²) in [5.74, 6) is 0.614. The molecule has 2 aromatic rings. The first-order valence-corrected chi connectivity index (χ1v) is 9.75. The molecule has 146 valence electrons. The van der Waals surface area contributed by atoms with Crippen LogP contribution >= 0.6 is 0 Å². The van der Waals surface area contributed by atoms with Crippen LogP contribution in [0.15, 0.2) is 6.20 Å². The van der Waals surface area contributed by atoms with Crippen LogP contribution in [0, 0.1) is 20.8 Å². The number of aromatic nitrogens is 4. The normalized spacial score (nSPS) is 15.7. The average Bonchev–Trinajstić information content (AvgIpc) is 2.88. The largest absolute Gasteiger partial charge is 0.349 e. The molecule has 0 saturated carbocycles. The van der Waals surface area contributed by atoms with E-state index < -0.39 is 0 Å². The summed E-state index contributed by atoms with van der Waals surface area (Å²) in [6.07, 6.45) is 6.03. The molecule has 1 aliphatic heterocycles. The van der Waals surface area contributed by atoms with Crippen LogP contribution in [0.4, 0.5) is 5.95 Å². The number of piperidine rings is 1. The maximum absolute atomic E-state index is 12.7. The molecule has 0 aromatic carbocycles. The van der Waals surface area contributed by atoms with Crippen molar-refractivity contribution >= 4 is 11.9 Å². The Morgan fingerprint density at radius 2 is 1.89 bits per heavy atom. The molecule has 3 heterocycles. The minimum absolute atomic E-state index is 0.000251. The number of hydrogen-bond acceptors (Lipinski definition) is 5. The standard InChI is InChI=1S/C20H30N6O/c1-13(11-17-15(3)24-25(5)16(17)4)22-19(27)18-12-21-20(23-14(18)2)26-9-7-6-8-10-26/h12-13H,6-11H2,1-5H3,(H,22,27). The minimum Gasteiger partial charge on any atom is -0.349 e. The van der Waals surface area contributed by atoms with Crippen molar-refractivity contribution in [2.45, 2.75) is 59.4 Å². The van der Waals surface area contributed by atoms with Crippen molar-refractivity contribution in [1.82, 2.24) is 25.1 Å². The third-order valence-electron chi connectivity index (χ3n) is 5.40. The van der Waals surface area contributed by atoms with Crippen LogP contribution in [0.2, 0.25) is 0 Å². The Kier molecular flexibility index (Phi) is 5.77. The van der Waals surface area contributed by atoms with Crippen LogP contribution in [-0.4, -0.2) is 44.8 Å². The van der Waals surface area contributed by atoms with Crippen molar-refractivity contribution in [3.05, 3.63) is 34.4 Å². The summed E-state index contributed by atoms with van der Waals surface area (Å²) in [6.45, 7) is 9.94. The van der Waals surface area contributed by atoms with Crippen molar-refractivity contribution in [1.29, 1.82) is 0 Å². The second kappa shape index (κ2) is 8.06. The number of rotatable bonds is 5. The SMILES string of the molecule is Cc1nc(N2CCCCC2)ncc1C(=O)NC(C)Cc1c(C)nn(C)c1C. The first kappa shape index (κ1) is 19.3. The van der Waals surface area contributed by atoms with E-state index in [0.29, 0.717) is 5.56 Å².